The Labute approximate surface area is 165 Å². The van der Waals surface area contributed by atoms with Crippen molar-refractivity contribution >= 4 is 27.5 Å². The van der Waals surface area contributed by atoms with Gasteiger partial charge in [-0.05, 0) is 53.0 Å². The summed E-state index contributed by atoms with van der Waals surface area (Å²) in [6, 6.07) is 10.6. The Hall–Kier alpha value is -2.25. The number of ether oxygens (including phenoxy) is 4. The topological polar surface area (TPSA) is 66.0 Å². The number of halogens is 1. The lowest BCUT2D eigenvalue weighted by atomic mass is 10.2. The molecule has 0 aliphatic carbocycles. The van der Waals surface area contributed by atoms with E-state index in [4.69, 9.17) is 18.9 Å². The van der Waals surface area contributed by atoms with E-state index in [9.17, 15) is 4.79 Å². The number of benzene rings is 2. The smallest absolute Gasteiger partial charge is 0.255 e. The van der Waals surface area contributed by atoms with Crippen molar-refractivity contribution in [3.05, 3.63) is 46.4 Å². The van der Waals surface area contributed by atoms with Gasteiger partial charge >= 0.3 is 0 Å². The van der Waals surface area contributed by atoms with Gasteiger partial charge in [-0.25, -0.2) is 0 Å². The van der Waals surface area contributed by atoms with Gasteiger partial charge in [-0.2, -0.15) is 0 Å². The average Bonchev–Trinajstić information content (AvgIpc) is 3.21. The molecule has 1 unspecified atom stereocenters. The SMILES string of the molecule is O=C(Nc1cc2c(cc1Br)OCCO2)c1ccc(OCC2CCCO2)cc1. The molecule has 6 nitrogen and oxygen atoms in total. The lowest BCUT2D eigenvalue weighted by Crippen LogP contribution is -2.17. The summed E-state index contributed by atoms with van der Waals surface area (Å²) in [6.45, 7) is 2.36. The fourth-order valence-electron chi connectivity index (χ4n) is 3.02. The van der Waals surface area contributed by atoms with Crippen molar-refractivity contribution in [2.24, 2.45) is 0 Å². The van der Waals surface area contributed by atoms with E-state index in [0.717, 1.165) is 29.7 Å². The number of anilines is 1. The summed E-state index contributed by atoms with van der Waals surface area (Å²) in [5.74, 6) is 1.80. The summed E-state index contributed by atoms with van der Waals surface area (Å²) >= 11 is 3.46. The molecular weight excluding hydrogens is 414 g/mol. The highest BCUT2D eigenvalue weighted by molar-refractivity contribution is 9.10. The highest BCUT2D eigenvalue weighted by Crippen LogP contribution is 2.38. The zero-order chi connectivity index (χ0) is 18.6. The zero-order valence-electron chi connectivity index (χ0n) is 14.7. The number of amides is 1. The van der Waals surface area contributed by atoms with Crippen LogP contribution in [-0.2, 0) is 4.74 Å². The minimum absolute atomic E-state index is 0.167. The maximum atomic E-state index is 12.5. The first-order valence-electron chi connectivity index (χ1n) is 8.94. The Morgan fingerprint density at radius 2 is 1.85 bits per heavy atom. The summed E-state index contributed by atoms with van der Waals surface area (Å²) in [5, 5.41) is 2.89. The van der Waals surface area contributed by atoms with Gasteiger partial charge in [0.05, 0.1) is 11.8 Å². The first kappa shape index (κ1) is 18.1. The lowest BCUT2D eigenvalue weighted by molar-refractivity contribution is 0.0679. The maximum absolute atomic E-state index is 12.5. The van der Waals surface area contributed by atoms with Crippen molar-refractivity contribution in [2.75, 3.05) is 31.7 Å². The van der Waals surface area contributed by atoms with E-state index >= 15 is 0 Å². The van der Waals surface area contributed by atoms with Crippen molar-refractivity contribution in [3.8, 4) is 17.2 Å². The second-order valence-corrected chi connectivity index (χ2v) is 7.25. The molecule has 1 saturated heterocycles. The molecule has 0 radical (unpaired) electrons. The molecule has 2 aliphatic heterocycles. The van der Waals surface area contributed by atoms with E-state index in [1.54, 1.807) is 36.4 Å². The highest BCUT2D eigenvalue weighted by atomic mass is 79.9. The fraction of sp³-hybridized carbons (Fsp3) is 0.350. The molecule has 4 rings (SSSR count). The third-order valence-corrected chi connectivity index (χ3v) is 5.11. The van der Waals surface area contributed by atoms with Crippen molar-refractivity contribution in [1.29, 1.82) is 0 Å². The van der Waals surface area contributed by atoms with Gasteiger partial charge in [0.1, 0.15) is 25.6 Å². The molecule has 2 aromatic carbocycles. The van der Waals surface area contributed by atoms with Gasteiger partial charge in [-0.1, -0.05) is 0 Å². The predicted molar refractivity (Wildman–Crippen MR) is 104 cm³/mol. The van der Waals surface area contributed by atoms with Crippen LogP contribution in [0.5, 0.6) is 17.2 Å². The van der Waals surface area contributed by atoms with Crippen LogP contribution < -0.4 is 19.5 Å². The number of hydrogen-bond acceptors (Lipinski definition) is 5. The Morgan fingerprint density at radius 3 is 2.56 bits per heavy atom. The molecule has 0 saturated carbocycles. The third-order valence-electron chi connectivity index (χ3n) is 4.46. The molecule has 142 valence electrons. The Morgan fingerprint density at radius 1 is 1.11 bits per heavy atom. The van der Waals surface area contributed by atoms with Crippen LogP contribution in [0.1, 0.15) is 23.2 Å². The van der Waals surface area contributed by atoms with Crippen LogP contribution >= 0.6 is 15.9 Å². The van der Waals surface area contributed by atoms with E-state index in [0.29, 0.717) is 42.6 Å². The maximum Gasteiger partial charge on any atom is 0.255 e. The first-order chi connectivity index (χ1) is 13.2. The molecule has 0 spiro atoms. The number of nitrogens with one attached hydrogen (secondary N) is 1. The van der Waals surface area contributed by atoms with Crippen LogP contribution in [0.4, 0.5) is 5.69 Å². The standard InChI is InChI=1S/C20H20BrNO5/c21-16-10-18-19(26-9-8-25-18)11-17(16)22-20(23)13-3-5-14(6-4-13)27-12-15-2-1-7-24-15/h3-6,10-11,15H,1-2,7-9,12H2,(H,22,23). The Bertz CT molecular complexity index is 818. The van der Waals surface area contributed by atoms with E-state index < -0.39 is 0 Å². The van der Waals surface area contributed by atoms with Gasteiger partial charge < -0.3 is 24.3 Å². The van der Waals surface area contributed by atoms with Gasteiger partial charge in [0, 0.05) is 28.8 Å². The number of hydrogen-bond donors (Lipinski definition) is 1. The van der Waals surface area contributed by atoms with Gasteiger partial charge in [0.2, 0.25) is 0 Å². The Kier molecular flexibility index (Phi) is 5.50. The third kappa shape index (κ3) is 4.36. The van der Waals surface area contributed by atoms with Crippen LogP contribution in [0.3, 0.4) is 0 Å². The number of carbonyl (C=O) groups excluding carboxylic acids is 1. The Balaban J connectivity index is 1.39. The summed E-state index contributed by atoms with van der Waals surface area (Å²) in [7, 11) is 0. The first-order valence-corrected chi connectivity index (χ1v) is 9.73. The van der Waals surface area contributed by atoms with E-state index in [2.05, 4.69) is 21.2 Å². The van der Waals surface area contributed by atoms with Crippen LogP contribution in [0.15, 0.2) is 40.9 Å². The van der Waals surface area contributed by atoms with Gasteiger partial charge in [-0.15, -0.1) is 0 Å². The molecule has 1 atom stereocenters. The van der Waals surface area contributed by atoms with Crippen LogP contribution in [0.2, 0.25) is 0 Å². The van der Waals surface area contributed by atoms with Crippen molar-refractivity contribution in [1.82, 2.24) is 0 Å². The van der Waals surface area contributed by atoms with E-state index in [-0.39, 0.29) is 12.0 Å². The quantitative estimate of drug-likeness (QED) is 0.770. The molecule has 27 heavy (non-hydrogen) atoms. The second kappa shape index (κ2) is 8.19. The summed E-state index contributed by atoms with van der Waals surface area (Å²) in [4.78, 5) is 12.5. The molecule has 2 aromatic rings. The molecular formula is C20H20BrNO5. The molecule has 0 aromatic heterocycles. The molecule has 2 heterocycles. The summed E-state index contributed by atoms with van der Waals surface area (Å²) in [6.07, 6.45) is 2.29. The number of fused-ring (bicyclic) bond motifs is 1. The van der Waals surface area contributed by atoms with Crippen molar-refractivity contribution in [3.63, 3.8) is 0 Å². The largest absolute Gasteiger partial charge is 0.491 e. The zero-order valence-corrected chi connectivity index (χ0v) is 16.3. The molecule has 2 aliphatic rings. The minimum atomic E-state index is -0.210. The molecule has 1 N–H and O–H groups in total. The van der Waals surface area contributed by atoms with Gasteiger partial charge in [-0.3, -0.25) is 4.79 Å². The highest BCUT2D eigenvalue weighted by Gasteiger charge is 2.18. The molecule has 0 bridgehead atoms. The average molecular weight is 434 g/mol. The number of carbonyl (C=O) groups is 1. The van der Waals surface area contributed by atoms with E-state index in [1.807, 2.05) is 0 Å². The number of rotatable bonds is 5. The van der Waals surface area contributed by atoms with Crippen LogP contribution in [0.25, 0.3) is 0 Å². The monoisotopic (exact) mass is 433 g/mol. The van der Waals surface area contributed by atoms with Gasteiger partial charge in [0.25, 0.3) is 5.91 Å². The van der Waals surface area contributed by atoms with Crippen molar-refractivity contribution < 1.29 is 23.7 Å². The van der Waals surface area contributed by atoms with Crippen LogP contribution in [-0.4, -0.2) is 38.4 Å². The van der Waals surface area contributed by atoms with E-state index in [1.165, 1.54) is 0 Å². The minimum Gasteiger partial charge on any atom is -0.491 e. The second-order valence-electron chi connectivity index (χ2n) is 6.40. The summed E-state index contributed by atoms with van der Waals surface area (Å²) in [5.41, 5.74) is 1.17. The summed E-state index contributed by atoms with van der Waals surface area (Å²) < 4.78 is 23.1. The lowest BCUT2D eigenvalue weighted by Gasteiger charge is -2.20. The fourth-order valence-corrected chi connectivity index (χ4v) is 3.44. The molecule has 7 heteroatoms. The van der Waals surface area contributed by atoms with Crippen LogP contribution in [0, 0.1) is 0 Å². The van der Waals surface area contributed by atoms with Crippen molar-refractivity contribution in [2.45, 2.75) is 18.9 Å². The normalized spacial score (nSPS) is 18.2. The van der Waals surface area contributed by atoms with Gasteiger partial charge in [0.15, 0.2) is 11.5 Å². The molecule has 1 fully saturated rings. The predicted octanol–water partition coefficient (Wildman–Crippen LogP) is 4.03. The molecule has 1 amide bonds.